The predicted molar refractivity (Wildman–Crippen MR) is 78.8 cm³/mol. The number of methoxy groups -OCH3 is 1. The van der Waals surface area contributed by atoms with Gasteiger partial charge in [0, 0.05) is 25.0 Å². The molecule has 112 valence electrons. The van der Waals surface area contributed by atoms with E-state index < -0.39 is 6.41 Å². The average Bonchev–Trinajstić information content (AvgIpc) is 2.45. The lowest BCUT2D eigenvalue weighted by Crippen LogP contribution is -2.14. The number of nitrogens with zero attached hydrogens (tertiary/aromatic N) is 1. The highest BCUT2D eigenvalue weighted by Crippen LogP contribution is 2.29. The molecule has 0 radical (unpaired) electrons. The van der Waals surface area contributed by atoms with E-state index in [2.05, 4.69) is 4.99 Å². The van der Waals surface area contributed by atoms with Crippen LogP contribution in [-0.4, -0.2) is 39.6 Å². The molecule has 0 atom stereocenters. The molecule has 0 saturated carbocycles. The Kier molecular flexibility index (Phi) is 7.69. The SMILES string of the molecule is CCOc1cccc(/C=N/C(OCC)OCC)c1OC. The van der Waals surface area contributed by atoms with Gasteiger partial charge in [-0.25, -0.2) is 4.99 Å². The van der Waals surface area contributed by atoms with Crippen molar-refractivity contribution in [2.75, 3.05) is 26.9 Å². The minimum atomic E-state index is -0.592. The van der Waals surface area contributed by atoms with Crippen LogP contribution in [0.1, 0.15) is 26.3 Å². The van der Waals surface area contributed by atoms with E-state index in [4.69, 9.17) is 18.9 Å². The molecule has 1 rings (SSSR count). The third kappa shape index (κ3) is 4.83. The summed E-state index contributed by atoms with van der Waals surface area (Å²) in [5.74, 6) is 1.35. The first-order valence-electron chi connectivity index (χ1n) is 6.82. The van der Waals surface area contributed by atoms with Crippen LogP contribution < -0.4 is 9.47 Å². The predicted octanol–water partition coefficient (Wildman–Crippen LogP) is 2.87. The van der Waals surface area contributed by atoms with E-state index in [1.165, 1.54) is 0 Å². The van der Waals surface area contributed by atoms with Crippen LogP contribution in [0.5, 0.6) is 11.5 Å². The third-order valence-corrected chi connectivity index (χ3v) is 2.47. The van der Waals surface area contributed by atoms with Crippen molar-refractivity contribution < 1.29 is 18.9 Å². The van der Waals surface area contributed by atoms with Crippen molar-refractivity contribution in [3.63, 3.8) is 0 Å². The number of aliphatic imine (C=N–C) groups is 1. The lowest BCUT2D eigenvalue weighted by Gasteiger charge is -2.13. The molecule has 0 N–H and O–H groups in total. The monoisotopic (exact) mass is 281 g/mol. The zero-order valence-electron chi connectivity index (χ0n) is 12.6. The fourth-order valence-corrected chi connectivity index (χ4v) is 1.68. The molecule has 1 aromatic carbocycles. The molecular formula is C15H23NO4. The summed E-state index contributed by atoms with van der Waals surface area (Å²) in [5.41, 5.74) is 0.822. The van der Waals surface area contributed by atoms with Gasteiger partial charge in [-0.2, -0.15) is 0 Å². The smallest absolute Gasteiger partial charge is 0.258 e. The van der Waals surface area contributed by atoms with E-state index in [1.54, 1.807) is 13.3 Å². The van der Waals surface area contributed by atoms with Gasteiger partial charge in [-0.1, -0.05) is 6.07 Å². The third-order valence-electron chi connectivity index (χ3n) is 2.47. The molecule has 0 saturated heterocycles. The lowest BCUT2D eigenvalue weighted by atomic mass is 10.2. The maximum Gasteiger partial charge on any atom is 0.258 e. The number of hydrogen-bond acceptors (Lipinski definition) is 5. The zero-order valence-corrected chi connectivity index (χ0v) is 12.6. The molecule has 0 aliphatic heterocycles. The minimum Gasteiger partial charge on any atom is -0.492 e. The van der Waals surface area contributed by atoms with E-state index in [-0.39, 0.29) is 0 Å². The summed E-state index contributed by atoms with van der Waals surface area (Å²) in [6.45, 7) is 7.39. The van der Waals surface area contributed by atoms with Crippen molar-refractivity contribution in [3.05, 3.63) is 23.8 Å². The van der Waals surface area contributed by atoms with E-state index in [9.17, 15) is 0 Å². The van der Waals surface area contributed by atoms with Crippen molar-refractivity contribution >= 4 is 6.21 Å². The van der Waals surface area contributed by atoms with Crippen LogP contribution in [0, 0.1) is 0 Å². The topological polar surface area (TPSA) is 49.3 Å². The quantitative estimate of drug-likeness (QED) is 0.516. The number of ether oxygens (including phenoxy) is 4. The normalized spacial score (nSPS) is 11.2. The van der Waals surface area contributed by atoms with Crippen LogP contribution in [0.4, 0.5) is 0 Å². The maximum atomic E-state index is 5.52. The van der Waals surface area contributed by atoms with Crippen LogP contribution >= 0.6 is 0 Å². The molecule has 0 bridgehead atoms. The van der Waals surface area contributed by atoms with E-state index in [0.29, 0.717) is 31.3 Å². The summed E-state index contributed by atoms with van der Waals surface area (Å²) in [4.78, 5) is 4.28. The highest BCUT2D eigenvalue weighted by atomic mass is 16.7. The fraction of sp³-hybridized carbons (Fsp3) is 0.533. The van der Waals surface area contributed by atoms with Crippen molar-refractivity contribution in [3.8, 4) is 11.5 Å². The highest BCUT2D eigenvalue weighted by Gasteiger charge is 2.09. The molecule has 0 aliphatic carbocycles. The molecule has 5 heteroatoms. The van der Waals surface area contributed by atoms with E-state index in [0.717, 1.165) is 5.56 Å². The van der Waals surface area contributed by atoms with Gasteiger partial charge < -0.3 is 18.9 Å². The Morgan fingerprint density at radius 3 is 2.35 bits per heavy atom. The summed E-state index contributed by atoms with van der Waals surface area (Å²) < 4.78 is 21.6. The summed E-state index contributed by atoms with van der Waals surface area (Å²) in [6, 6.07) is 5.66. The number of rotatable bonds is 9. The molecule has 0 aliphatic rings. The molecule has 0 unspecified atom stereocenters. The first kappa shape index (κ1) is 16.5. The molecule has 0 fully saturated rings. The second-order valence-electron chi connectivity index (χ2n) is 3.81. The molecule has 0 amide bonds. The van der Waals surface area contributed by atoms with Gasteiger partial charge in [-0.15, -0.1) is 0 Å². The van der Waals surface area contributed by atoms with Gasteiger partial charge in [0.1, 0.15) is 0 Å². The molecule has 0 heterocycles. The van der Waals surface area contributed by atoms with Gasteiger partial charge in [0.2, 0.25) is 0 Å². The van der Waals surface area contributed by atoms with Gasteiger partial charge in [0.25, 0.3) is 6.41 Å². The van der Waals surface area contributed by atoms with Gasteiger partial charge >= 0.3 is 0 Å². The molecule has 0 spiro atoms. The number of para-hydroxylation sites is 1. The largest absolute Gasteiger partial charge is 0.492 e. The van der Waals surface area contributed by atoms with Crippen molar-refractivity contribution in [2.24, 2.45) is 4.99 Å². The minimum absolute atomic E-state index is 0.540. The van der Waals surface area contributed by atoms with Gasteiger partial charge in [-0.05, 0) is 32.9 Å². The Hall–Kier alpha value is -1.59. The Bertz CT molecular complexity index is 414. The second-order valence-corrected chi connectivity index (χ2v) is 3.81. The second kappa shape index (κ2) is 9.34. The van der Waals surface area contributed by atoms with Crippen molar-refractivity contribution in [1.82, 2.24) is 0 Å². The van der Waals surface area contributed by atoms with Crippen LogP contribution in [0.25, 0.3) is 0 Å². The van der Waals surface area contributed by atoms with Crippen molar-refractivity contribution in [1.29, 1.82) is 0 Å². The molecule has 20 heavy (non-hydrogen) atoms. The number of benzene rings is 1. The molecule has 5 nitrogen and oxygen atoms in total. The van der Waals surface area contributed by atoms with Crippen LogP contribution in [0.3, 0.4) is 0 Å². The summed E-state index contributed by atoms with van der Waals surface area (Å²) >= 11 is 0. The molecular weight excluding hydrogens is 258 g/mol. The Balaban J connectivity index is 2.91. The first-order valence-corrected chi connectivity index (χ1v) is 6.82. The van der Waals surface area contributed by atoms with E-state index >= 15 is 0 Å². The summed E-state index contributed by atoms with van der Waals surface area (Å²) in [7, 11) is 1.61. The Morgan fingerprint density at radius 1 is 1.10 bits per heavy atom. The van der Waals surface area contributed by atoms with Gasteiger partial charge in [0.05, 0.1) is 13.7 Å². The molecule has 0 aromatic heterocycles. The first-order chi connectivity index (χ1) is 9.76. The summed E-state index contributed by atoms with van der Waals surface area (Å²) in [6.07, 6.45) is 1.09. The zero-order chi connectivity index (χ0) is 14.8. The van der Waals surface area contributed by atoms with Crippen LogP contribution in [-0.2, 0) is 9.47 Å². The standard InChI is InChI=1S/C15H23NO4/c1-5-18-13-10-8-9-12(14(13)17-4)11-16-15(19-6-2)20-7-3/h8-11,15H,5-7H2,1-4H3/b16-11+. The van der Waals surface area contributed by atoms with Crippen LogP contribution in [0.15, 0.2) is 23.2 Å². The highest BCUT2D eigenvalue weighted by molar-refractivity contribution is 5.85. The Morgan fingerprint density at radius 2 is 1.80 bits per heavy atom. The molecule has 1 aromatic rings. The van der Waals surface area contributed by atoms with E-state index in [1.807, 2.05) is 39.0 Å². The maximum absolute atomic E-state index is 5.52. The van der Waals surface area contributed by atoms with Crippen LogP contribution in [0.2, 0.25) is 0 Å². The van der Waals surface area contributed by atoms with Gasteiger partial charge in [-0.3, -0.25) is 0 Å². The lowest BCUT2D eigenvalue weighted by molar-refractivity contribution is -0.129. The average molecular weight is 281 g/mol. The number of hydrogen-bond donors (Lipinski definition) is 0. The Labute approximate surface area is 120 Å². The van der Waals surface area contributed by atoms with Gasteiger partial charge in [0.15, 0.2) is 11.5 Å². The summed E-state index contributed by atoms with van der Waals surface area (Å²) in [5, 5.41) is 0. The fourth-order valence-electron chi connectivity index (χ4n) is 1.68. The van der Waals surface area contributed by atoms with Crippen molar-refractivity contribution in [2.45, 2.75) is 27.2 Å².